The van der Waals surface area contributed by atoms with Crippen LogP contribution in [0.5, 0.6) is 0 Å². The molecule has 0 spiro atoms. The molecule has 0 bridgehead atoms. The van der Waals surface area contributed by atoms with Crippen LogP contribution in [0.25, 0.3) is 0 Å². The van der Waals surface area contributed by atoms with Gasteiger partial charge in [0, 0.05) is 13.5 Å². The number of allylic oxidation sites excluding steroid dienone is 1. The first-order chi connectivity index (χ1) is 5.66. The molecular formula is C9H16O3. The third-order valence-electron chi connectivity index (χ3n) is 1.45. The topological polar surface area (TPSA) is 46.5 Å². The standard InChI is InChI=1S/C9H16O3/c1-8(4-3-6-10)5-7-12-9(2)11/h5,10H,3-4,6-7H2,1-2H3/b8-5+. The van der Waals surface area contributed by atoms with Gasteiger partial charge in [0.05, 0.1) is 0 Å². The van der Waals surface area contributed by atoms with E-state index in [2.05, 4.69) is 0 Å². The van der Waals surface area contributed by atoms with Gasteiger partial charge in [-0.1, -0.05) is 5.57 Å². The van der Waals surface area contributed by atoms with Crippen molar-refractivity contribution in [3.05, 3.63) is 11.6 Å². The summed E-state index contributed by atoms with van der Waals surface area (Å²) in [7, 11) is 0. The van der Waals surface area contributed by atoms with E-state index in [4.69, 9.17) is 9.84 Å². The fraction of sp³-hybridized carbons (Fsp3) is 0.667. The van der Waals surface area contributed by atoms with Crippen molar-refractivity contribution in [1.29, 1.82) is 0 Å². The van der Waals surface area contributed by atoms with Gasteiger partial charge in [-0.15, -0.1) is 0 Å². The normalized spacial score (nSPS) is 11.4. The highest BCUT2D eigenvalue weighted by Gasteiger charge is 1.91. The Bertz CT molecular complexity index is 161. The molecule has 0 heterocycles. The largest absolute Gasteiger partial charge is 0.462 e. The second-order valence-electron chi connectivity index (χ2n) is 2.68. The van der Waals surface area contributed by atoms with Crippen molar-refractivity contribution in [2.45, 2.75) is 26.7 Å². The van der Waals surface area contributed by atoms with Crippen LogP contribution in [0.15, 0.2) is 11.6 Å². The Morgan fingerprint density at radius 1 is 1.50 bits per heavy atom. The maximum atomic E-state index is 10.3. The molecule has 0 radical (unpaired) electrons. The highest BCUT2D eigenvalue weighted by Crippen LogP contribution is 2.02. The number of esters is 1. The number of ether oxygens (including phenoxy) is 1. The van der Waals surface area contributed by atoms with Crippen LogP contribution in [-0.4, -0.2) is 24.3 Å². The van der Waals surface area contributed by atoms with Crippen molar-refractivity contribution in [2.24, 2.45) is 0 Å². The van der Waals surface area contributed by atoms with E-state index in [1.807, 2.05) is 13.0 Å². The van der Waals surface area contributed by atoms with Gasteiger partial charge < -0.3 is 9.84 Å². The van der Waals surface area contributed by atoms with E-state index in [9.17, 15) is 4.79 Å². The molecule has 0 amide bonds. The lowest BCUT2D eigenvalue weighted by Crippen LogP contribution is -1.98. The summed E-state index contributed by atoms with van der Waals surface area (Å²) in [5.74, 6) is -0.263. The number of hydrogen-bond donors (Lipinski definition) is 1. The molecule has 0 aromatic rings. The van der Waals surface area contributed by atoms with Gasteiger partial charge in [-0.2, -0.15) is 0 Å². The van der Waals surface area contributed by atoms with Gasteiger partial charge in [0.25, 0.3) is 0 Å². The Hall–Kier alpha value is -0.830. The fourth-order valence-electron chi connectivity index (χ4n) is 0.761. The lowest BCUT2D eigenvalue weighted by atomic mass is 10.1. The molecule has 0 aromatic heterocycles. The number of aliphatic hydroxyl groups is 1. The summed E-state index contributed by atoms with van der Waals surface area (Å²) in [6, 6.07) is 0. The van der Waals surface area contributed by atoms with Crippen molar-refractivity contribution in [2.75, 3.05) is 13.2 Å². The van der Waals surface area contributed by atoms with Crippen LogP contribution in [0, 0.1) is 0 Å². The van der Waals surface area contributed by atoms with Crippen molar-refractivity contribution >= 4 is 5.97 Å². The fourth-order valence-corrected chi connectivity index (χ4v) is 0.761. The summed E-state index contributed by atoms with van der Waals surface area (Å²) in [6.45, 7) is 3.89. The molecule has 0 aliphatic heterocycles. The van der Waals surface area contributed by atoms with Gasteiger partial charge in [0.2, 0.25) is 0 Å². The summed E-state index contributed by atoms with van der Waals surface area (Å²) in [6.07, 6.45) is 3.48. The average Bonchev–Trinajstić information content (AvgIpc) is 2.00. The first-order valence-corrected chi connectivity index (χ1v) is 4.06. The Morgan fingerprint density at radius 3 is 2.67 bits per heavy atom. The van der Waals surface area contributed by atoms with Gasteiger partial charge >= 0.3 is 5.97 Å². The third-order valence-corrected chi connectivity index (χ3v) is 1.45. The smallest absolute Gasteiger partial charge is 0.302 e. The molecule has 3 heteroatoms. The van der Waals surface area contributed by atoms with E-state index < -0.39 is 0 Å². The van der Waals surface area contributed by atoms with Gasteiger partial charge in [-0.3, -0.25) is 4.79 Å². The highest BCUT2D eigenvalue weighted by atomic mass is 16.5. The van der Waals surface area contributed by atoms with Crippen molar-refractivity contribution < 1.29 is 14.6 Å². The van der Waals surface area contributed by atoms with Crippen LogP contribution in [0.1, 0.15) is 26.7 Å². The molecule has 0 rings (SSSR count). The maximum absolute atomic E-state index is 10.3. The maximum Gasteiger partial charge on any atom is 0.302 e. The van der Waals surface area contributed by atoms with E-state index in [0.29, 0.717) is 6.61 Å². The average molecular weight is 172 g/mol. The SMILES string of the molecule is CC(=O)OC/C=C(\C)CCCO. The summed E-state index contributed by atoms with van der Waals surface area (Å²) in [4.78, 5) is 10.3. The van der Waals surface area contributed by atoms with Crippen molar-refractivity contribution in [1.82, 2.24) is 0 Å². The zero-order chi connectivity index (χ0) is 9.40. The van der Waals surface area contributed by atoms with Gasteiger partial charge in [0.1, 0.15) is 6.61 Å². The predicted octanol–water partition coefficient (Wildman–Crippen LogP) is 1.27. The Labute approximate surface area is 73.0 Å². The van der Waals surface area contributed by atoms with Gasteiger partial charge in [-0.05, 0) is 25.8 Å². The first kappa shape index (κ1) is 11.2. The van der Waals surface area contributed by atoms with E-state index in [1.165, 1.54) is 6.92 Å². The molecule has 1 N–H and O–H groups in total. The van der Waals surface area contributed by atoms with E-state index >= 15 is 0 Å². The third kappa shape index (κ3) is 7.28. The zero-order valence-electron chi connectivity index (χ0n) is 7.67. The zero-order valence-corrected chi connectivity index (χ0v) is 7.67. The van der Waals surface area contributed by atoms with Crippen LogP contribution in [0.3, 0.4) is 0 Å². The lowest BCUT2D eigenvalue weighted by molar-refractivity contribution is -0.139. The monoisotopic (exact) mass is 172 g/mol. The molecule has 0 fully saturated rings. The summed E-state index contributed by atoms with van der Waals surface area (Å²) in [5.41, 5.74) is 1.14. The van der Waals surface area contributed by atoms with E-state index in [-0.39, 0.29) is 12.6 Å². The van der Waals surface area contributed by atoms with Crippen LogP contribution >= 0.6 is 0 Å². The molecule has 0 unspecified atom stereocenters. The summed E-state index contributed by atoms with van der Waals surface area (Å²) < 4.78 is 4.71. The van der Waals surface area contributed by atoms with E-state index in [0.717, 1.165) is 18.4 Å². The molecule has 0 aliphatic rings. The highest BCUT2D eigenvalue weighted by molar-refractivity contribution is 5.65. The van der Waals surface area contributed by atoms with Crippen LogP contribution in [0.2, 0.25) is 0 Å². The molecule has 0 aliphatic carbocycles. The van der Waals surface area contributed by atoms with Gasteiger partial charge in [0.15, 0.2) is 0 Å². The van der Waals surface area contributed by atoms with Crippen molar-refractivity contribution in [3.8, 4) is 0 Å². The molecule has 12 heavy (non-hydrogen) atoms. The molecule has 0 saturated heterocycles. The Balaban J connectivity index is 3.47. The first-order valence-electron chi connectivity index (χ1n) is 4.06. The predicted molar refractivity (Wildman–Crippen MR) is 46.7 cm³/mol. The van der Waals surface area contributed by atoms with Crippen molar-refractivity contribution in [3.63, 3.8) is 0 Å². The van der Waals surface area contributed by atoms with Gasteiger partial charge in [-0.25, -0.2) is 0 Å². The summed E-state index contributed by atoms with van der Waals surface area (Å²) in [5, 5.41) is 8.52. The molecular weight excluding hydrogens is 156 g/mol. The molecule has 3 nitrogen and oxygen atoms in total. The van der Waals surface area contributed by atoms with Crippen LogP contribution in [-0.2, 0) is 9.53 Å². The number of carbonyl (C=O) groups is 1. The minimum Gasteiger partial charge on any atom is -0.462 e. The van der Waals surface area contributed by atoms with E-state index in [1.54, 1.807) is 0 Å². The molecule has 70 valence electrons. The lowest BCUT2D eigenvalue weighted by Gasteiger charge is -1.99. The Kier molecular flexibility index (Phi) is 6.38. The molecule has 0 saturated carbocycles. The number of carbonyl (C=O) groups excluding carboxylic acids is 1. The Morgan fingerprint density at radius 2 is 2.17 bits per heavy atom. The minimum atomic E-state index is -0.263. The molecule has 0 atom stereocenters. The summed E-state index contributed by atoms with van der Waals surface area (Å²) >= 11 is 0. The second kappa shape index (κ2) is 6.85. The number of rotatable bonds is 5. The minimum absolute atomic E-state index is 0.207. The molecule has 0 aromatic carbocycles. The second-order valence-corrected chi connectivity index (χ2v) is 2.68. The quantitative estimate of drug-likeness (QED) is 0.501. The number of hydrogen-bond acceptors (Lipinski definition) is 3. The van der Waals surface area contributed by atoms with Crippen LogP contribution < -0.4 is 0 Å². The number of aliphatic hydroxyl groups excluding tert-OH is 1. The van der Waals surface area contributed by atoms with Crippen LogP contribution in [0.4, 0.5) is 0 Å².